The van der Waals surface area contributed by atoms with E-state index in [1.54, 1.807) is 0 Å². The summed E-state index contributed by atoms with van der Waals surface area (Å²) >= 11 is 0. The Balaban J connectivity index is 2.00. The molecule has 0 spiro atoms. The first kappa shape index (κ1) is 12.6. The number of rotatable bonds is 4. The second-order valence-electron chi connectivity index (χ2n) is 5.08. The molecule has 4 heteroatoms. The number of hydrogen-bond acceptors (Lipinski definition) is 3. The first-order chi connectivity index (χ1) is 8.19. The summed E-state index contributed by atoms with van der Waals surface area (Å²) in [5, 5.41) is 3.69. The Morgan fingerprint density at radius 3 is 2.76 bits per heavy atom. The summed E-state index contributed by atoms with van der Waals surface area (Å²) in [5.41, 5.74) is 0.309. The molecule has 0 bridgehead atoms. The van der Waals surface area contributed by atoms with Crippen LogP contribution in [0.3, 0.4) is 0 Å². The first-order valence-corrected chi connectivity index (χ1v) is 6.62. The van der Waals surface area contributed by atoms with Gasteiger partial charge in [0, 0.05) is 44.6 Å². The first-order valence-electron chi connectivity index (χ1n) is 6.62. The number of piperazine rings is 1. The third-order valence-electron chi connectivity index (χ3n) is 4.09. The standard InChI is InChI=1S/C13H24N4/c1-4-13(5-2)11-17(9-7-15-13)10-12-14-6-8-16(12)3/h6,8,15H,4-5,7,9-11H2,1-3H3. The maximum absolute atomic E-state index is 4.41. The van der Waals surface area contributed by atoms with Crippen LogP contribution in [-0.4, -0.2) is 39.6 Å². The van der Waals surface area contributed by atoms with Crippen LogP contribution in [0.2, 0.25) is 0 Å². The summed E-state index contributed by atoms with van der Waals surface area (Å²) in [6, 6.07) is 0. The van der Waals surface area contributed by atoms with E-state index < -0.39 is 0 Å². The molecule has 17 heavy (non-hydrogen) atoms. The zero-order valence-corrected chi connectivity index (χ0v) is 11.2. The average Bonchev–Trinajstić information content (AvgIpc) is 2.75. The van der Waals surface area contributed by atoms with Crippen molar-refractivity contribution >= 4 is 0 Å². The lowest BCUT2D eigenvalue weighted by Gasteiger charge is -2.43. The van der Waals surface area contributed by atoms with Crippen LogP contribution in [0.4, 0.5) is 0 Å². The van der Waals surface area contributed by atoms with Gasteiger partial charge in [-0.1, -0.05) is 13.8 Å². The fourth-order valence-electron chi connectivity index (χ4n) is 2.65. The van der Waals surface area contributed by atoms with Crippen LogP contribution in [0.1, 0.15) is 32.5 Å². The van der Waals surface area contributed by atoms with Crippen LogP contribution in [0.25, 0.3) is 0 Å². The predicted molar refractivity (Wildman–Crippen MR) is 69.8 cm³/mol. The minimum atomic E-state index is 0.309. The molecule has 0 aromatic carbocycles. The highest BCUT2D eigenvalue weighted by atomic mass is 15.2. The van der Waals surface area contributed by atoms with Crippen molar-refractivity contribution in [1.82, 2.24) is 19.8 Å². The fraction of sp³-hybridized carbons (Fsp3) is 0.769. The Hall–Kier alpha value is -0.870. The molecule has 96 valence electrons. The van der Waals surface area contributed by atoms with Gasteiger partial charge in [-0.25, -0.2) is 4.98 Å². The highest BCUT2D eigenvalue weighted by molar-refractivity contribution is 4.96. The third-order valence-corrected chi connectivity index (χ3v) is 4.09. The molecule has 0 aliphatic carbocycles. The molecule has 2 rings (SSSR count). The average molecular weight is 236 g/mol. The van der Waals surface area contributed by atoms with Gasteiger partial charge in [-0.15, -0.1) is 0 Å². The maximum atomic E-state index is 4.41. The molecule has 1 saturated heterocycles. The van der Waals surface area contributed by atoms with Crippen molar-refractivity contribution in [3.05, 3.63) is 18.2 Å². The molecular formula is C13H24N4. The van der Waals surface area contributed by atoms with Crippen LogP contribution in [0, 0.1) is 0 Å². The zero-order valence-electron chi connectivity index (χ0n) is 11.2. The van der Waals surface area contributed by atoms with Crippen molar-refractivity contribution in [2.75, 3.05) is 19.6 Å². The Labute approximate surface area is 104 Å². The number of hydrogen-bond donors (Lipinski definition) is 1. The smallest absolute Gasteiger partial charge is 0.122 e. The summed E-state index contributed by atoms with van der Waals surface area (Å²) in [6.07, 6.45) is 6.29. The van der Waals surface area contributed by atoms with Gasteiger partial charge in [-0.2, -0.15) is 0 Å². The molecule has 0 radical (unpaired) electrons. The number of aryl methyl sites for hydroxylation is 1. The Morgan fingerprint density at radius 2 is 2.18 bits per heavy atom. The van der Waals surface area contributed by atoms with E-state index in [0.717, 1.165) is 32.0 Å². The minimum Gasteiger partial charge on any atom is -0.337 e. The number of nitrogens with zero attached hydrogens (tertiary/aromatic N) is 3. The molecule has 1 aromatic rings. The van der Waals surface area contributed by atoms with Crippen LogP contribution >= 0.6 is 0 Å². The summed E-state index contributed by atoms with van der Waals surface area (Å²) in [7, 11) is 2.07. The second-order valence-corrected chi connectivity index (χ2v) is 5.08. The van der Waals surface area contributed by atoms with Crippen molar-refractivity contribution in [2.24, 2.45) is 7.05 Å². The van der Waals surface area contributed by atoms with Crippen LogP contribution in [-0.2, 0) is 13.6 Å². The lowest BCUT2D eigenvalue weighted by atomic mass is 9.90. The molecule has 1 aliphatic rings. The molecule has 0 amide bonds. The zero-order chi connectivity index (χ0) is 12.3. The van der Waals surface area contributed by atoms with Crippen LogP contribution in [0.15, 0.2) is 12.4 Å². The van der Waals surface area contributed by atoms with Crippen molar-refractivity contribution in [2.45, 2.75) is 38.8 Å². The molecule has 1 fully saturated rings. The Kier molecular flexibility index (Phi) is 3.84. The van der Waals surface area contributed by atoms with Crippen molar-refractivity contribution in [3.63, 3.8) is 0 Å². The number of aromatic nitrogens is 2. The molecule has 1 aliphatic heterocycles. The van der Waals surface area contributed by atoms with E-state index in [0.29, 0.717) is 5.54 Å². The van der Waals surface area contributed by atoms with Crippen molar-refractivity contribution in [3.8, 4) is 0 Å². The van der Waals surface area contributed by atoms with Gasteiger partial charge < -0.3 is 9.88 Å². The van der Waals surface area contributed by atoms with Crippen LogP contribution < -0.4 is 5.32 Å². The van der Waals surface area contributed by atoms with Crippen LogP contribution in [0.5, 0.6) is 0 Å². The lowest BCUT2D eigenvalue weighted by molar-refractivity contribution is 0.115. The highest BCUT2D eigenvalue weighted by Gasteiger charge is 2.31. The van der Waals surface area contributed by atoms with Gasteiger partial charge in [-0.3, -0.25) is 4.90 Å². The summed E-state index contributed by atoms with van der Waals surface area (Å²) < 4.78 is 2.11. The largest absolute Gasteiger partial charge is 0.337 e. The maximum Gasteiger partial charge on any atom is 0.122 e. The van der Waals surface area contributed by atoms with Gasteiger partial charge in [0.05, 0.1) is 6.54 Å². The third kappa shape index (κ3) is 2.69. The summed E-state index contributed by atoms with van der Waals surface area (Å²) in [4.78, 5) is 6.93. The Morgan fingerprint density at radius 1 is 1.41 bits per heavy atom. The monoisotopic (exact) mass is 236 g/mol. The topological polar surface area (TPSA) is 33.1 Å². The van der Waals surface area contributed by atoms with Gasteiger partial charge in [0.2, 0.25) is 0 Å². The van der Waals surface area contributed by atoms with E-state index in [2.05, 4.69) is 40.7 Å². The van der Waals surface area contributed by atoms with Crippen molar-refractivity contribution in [1.29, 1.82) is 0 Å². The molecular weight excluding hydrogens is 212 g/mol. The molecule has 0 atom stereocenters. The van der Waals surface area contributed by atoms with E-state index in [9.17, 15) is 0 Å². The molecule has 2 heterocycles. The van der Waals surface area contributed by atoms with E-state index in [1.165, 1.54) is 12.8 Å². The van der Waals surface area contributed by atoms with Gasteiger partial charge in [0.15, 0.2) is 0 Å². The highest BCUT2D eigenvalue weighted by Crippen LogP contribution is 2.20. The molecule has 1 N–H and O–H groups in total. The summed E-state index contributed by atoms with van der Waals surface area (Å²) in [6.45, 7) is 8.86. The molecule has 0 saturated carbocycles. The van der Waals surface area contributed by atoms with Gasteiger partial charge in [0.25, 0.3) is 0 Å². The van der Waals surface area contributed by atoms with E-state index in [-0.39, 0.29) is 0 Å². The fourth-order valence-corrected chi connectivity index (χ4v) is 2.65. The normalized spacial score (nSPS) is 20.6. The molecule has 4 nitrogen and oxygen atoms in total. The number of imidazole rings is 1. The van der Waals surface area contributed by atoms with E-state index >= 15 is 0 Å². The summed E-state index contributed by atoms with van der Waals surface area (Å²) in [5.74, 6) is 1.16. The molecule has 0 unspecified atom stereocenters. The predicted octanol–water partition coefficient (Wildman–Crippen LogP) is 1.38. The second kappa shape index (κ2) is 5.19. The van der Waals surface area contributed by atoms with E-state index in [4.69, 9.17) is 0 Å². The van der Waals surface area contributed by atoms with Crippen molar-refractivity contribution < 1.29 is 0 Å². The SMILES string of the molecule is CCC1(CC)CN(Cc2nccn2C)CCN1. The lowest BCUT2D eigenvalue weighted by Crippen LogP contribution is -2.59. The van der Waals surface area contributed by atoms with Gasteiger partial charge >= 0.3 is 0 Å². The number of nitrogens with one attached hydrogen (secondary N) is 1. The Bertz CT molecular complexity index is 354. The quantitative estimate of drug-likeness (QED) is 0.857. The van der Waals surface area contributed by atoms with E-state index in [1.807, 2.05) is 12.4 Å². The molecule has 1 aromatic heterocycles. The minimum absolute atomic E-state index is 0.309. The van der Waals surface area contributed by atoms with Gasteiger partial charge in [-0.05, 0) is 12.8 Å². The van der Waals surface area contributed by atoms with Gasteiger partial charge in [0.1, 0.15) is 5.82 Å².